The van der Waals surface area contributed by atoms with E-state index >= 15 is 0 Å². The fourth-order valence-corrected chi connectivity index (χ4v) is 6.00. The Bertz CT molecular complexity index is 682. The molecule has 0 heterocycles. The molecule has 0 radical (unpaired) electrons. The molecular weight excluding hydrogens is 530 g/mol. The molecule has 0 aromatic carbocycles. The third kappa shape index (κ3) is 21.8. The van der Waals surface area contributed by atoms with Crippen molar-refractivity contribution in [3.8, 4) is 0 Å². The second-order valence-corrected chi connectivity index (χ2v) is 13.1. The maximum Gasteiger partial charge on any atom is 0.311 e. The summed E-state index contributed by atoms with van der Waals surface area (Å²) in [5.74, 6) is -4.95. The zero-order valence-corrected chi connectivity index (χ0v) is 27.7. The van der Waals surface area contributed by atoms with Gasteiger partial charge in [0.15, 0.2) is 0 Å². The van der Waals surface area contributed by atoms with Crippen LogP contribution in [0.2, 0.25) is 0 Å². The summed E-state index contributed by atoms with van der Waals surface area (Å²) in [5.41, 5.74) is 0. The molecule has 0 saturated heterocycles. The maximum absolute atomic E-state index is 11.6. The van der Waals surface area contributed by atoms with Gasteiger partial charge in [-0.25, -0.2) is 0 Å². The molecule has 7 nitrogen and oxygen atoms in total. The molecule has 3 atom stereocenters. The normalized spacial score (nSPS) is 15.3. The molecule has 246 valence electrons. The summed E-state index contributed by atoms with van der Waals surface area (Å²) in [6.07, 6.45) is 29.3. The number of carboxylic acids is 3. The number of hydrogen-bond donors (Lipinski definition) is 3. The van der Waals surface area contributed by atoms with E-state index in [1.54, 1.807) is 20.8 Å². The van der Waals surface area contributed by atoms with Gasteiger partial charge in [-0.05, 0) is 39.7 Å². The van der Waals surface area contributed by atoms with Gasteiger partial charge < -0.3 is 19.8 Å². The number of unbranched alkanes of at least 4 members (excludes halogenated alkanes) is 18. The van der Waals surface area contributed by atoms with Gasteiger partial charge in [0.1, 0.15) is 17.8 Å². The van der Waals surface area contributed by atoms with Crippen molar-refractivity contribution >= 4 is 17.9 Å². The van der Waals surface area contributed by atoms with Crippen LogP contribution < -0.4 is 0 Å². The number of hydrogen-bond acceptors (Lipinski definition) is 3. The highest BCUT2D eigenvalue weighted by atomic mass is 16.4. The monoisotopic (exact) mass is 596 g/mol. The first kappa shape index (κ1) is 40.1. The van der Waals surface area contributed by atoms with Crippen LogP contribution in [0.3, 0.4) is 0 Å². The van der Waals surface area contributed by atoms with E-state index in [4.69, 9.17) is 0 Å². The van der Waals surface area contributed by atoms with Crippen LogP contribution in [0.25, 0.3) is 0 Å². The minimum absolute atomic E-state index is 0.143. The van der Waals surface area contributed by atoms with Gasteiger partial charge in [-0.15, -0.1) is 0 Å². The molecule has 3 unspecified atom stereocenters. The third-order valence-corrected chi connectivity index (χ3v) is 8.63. The van der Waals surface area contributed by atoms with Gasteiger partial charge >= 0.3 is 17.9 Å². The topological polar surface area (TPSA) is 112 Å². The molecule has 0 aliphatic heterocycles. The Morgan fingerprint density at radius 1 is 0.500 bits per heavy atom. The van der Waals surface area contributed by atoms with Gasteiger partial charge in [0.25, 0.3) is 0 Å². The lowest BCUT2D eigenvalue weighted by Gasteiger charge is -2.41. The minimum Gasteiger partial charge on any atom is -0.481 e. The first-order valence-corrected chi connectivity index (χ1v) is 17.2. The van der Waals surface area contributed by atoms with Gasteiger partial charge in [0.05, 0.1) is 26.2 Å². The standard InChI is InChI=1S/C35H65NO6/c1-5-6-7-8-9-10-11-12-13-14-15-16-17-18-19-20-21-22-23-24-25-26-36(27-30(2)33(37)38,28-31(3)34(39)40)29-32(4)35(41)42/h24-25,30-32H,5-23,26-29H2,1-4H3,(H2-,37,38,39,40,41,42)/p+1/b25-24+. The lowest BCUT2D eigenvalue weighted by molar-refractivity contribution is -0.928. The Labute approximate surface area is 257 Å². The predicted molar refractivity (Wildman–Crippen MR) is 173 cm³/mol. The average molecular weight is 597 g/mol. The fourth-order valence-electron chi connectivity index (χ4n) is 6.00. The molecular formula is C35H66NO6+. The van der Waals surface area contributed by atoms with Crippen LogP contribution in [0, 0.1) is 17.8 Å². The van der Waals surface area contributed by atoms with Crippen LogP contribution in [0.5, 0.6) is 0 Å². The van der Waals surface area contributed by atoms with Crippen molar-refractivity contribution in [2.75, 3.05) is 26.2 Å². The zero-order valence-electron chi connectivity index (χ0n) is 27.7. The molecule has 0 spiro atoms. The molecule has 3 N–H and O–H groups in total. The summed E-state index contributed by atoms with van der Waals surface area (Å²) in [7, 11) is 0. The van der Waals surface area contributed by atoms with E-state index in [0.717, 1.165) is 12.8 Å². The van der Waals surface area contributed by atoms with Crippen molar-refractivity contribution in [3.63, 3.8) is 0 Å². The second kappa shape index (κ2) is 25.6. The second-order valence-electron chi connectivity index (χ2n) is 13.1. The summed E-state index contributed by atoms with van der Waals surface area (Å²) in [6.45, 7) is 8.13. The summed E-state index contributed by atoms with van der Waals surface area (Å²) >= 11 is 0. The predicted octanol–water partition coefficient (Wildman–Crippen LogP) is 8.95. The number of quaternary nitrogens is 1. The van der Waals surface area contributed by atoms with E-state index in [1.807, 2.05) is 6.08 Å². The first-order chi connectivity index (χ1) is 20.0. The third-order valence-electron chi connectivity index (χ3n) is 8.63. The van der Waals surface area contributed by atoms with E-state index in [9.17, 15) is 29.7 Å². The summed E-state index contributed by atoms with van der Waals surface area (Å²) in [5, 5.41) is 28.6. The smallest absolute Gasteiger partial charge is 0.311 e. The summed E-state index contributed by atoms with van der Waals surface area (Å²) in [4.78, 5) is 34.9. The van der Waals surface area contributed by atoms with Gasteiger partial charge in [-0.3, -0.25) is 14.4 Å². The van der Waals surface area contributed by atoms with Gasteiger partial charge in [-0.2, -0.15) is 0 Å². The molecule has 0 fully saturated rings. The highest BCUT2D eigenvalue weighted by molar-refractivity contribution is 5.70. The number of nitrogens with zero attached hydrogens (tertiary/aromatic N) is 1. The Kier molecular flexibility index (Phi) is 24.4. The van der Waals surface area contributed by atoms with E-state index in [0.29, 0.717) is 6.54 Å². The number of carboxylic acid groups (broad SMARTS) is 3. The van der Waals surface area contributed by atoms with Crippen molar-refractivity contribution in [2.45, 2.75) is 150 Å². The van der Waals surface area contributed by atoms with Crippen molar-refractivity contribution in [1.29, 1.82) is 0 Å². The molecule has 0 amide bonds. The van der Waals surface area contributed by atoms with E-state index in [1.165, 1.54) is 109 Å². The highest BCUT2D eigenvalue weighted by Crippen LogP contribution is 2.21. The molecule has 0 rings (SSSR count). The fraction of sp³-hybridized carbons (Fsp3) is 0.857. The quantitative estimate of drug-likeness (QED) is 0.0433. The minimum atomic E-state index is -0.953. The molecule has 0 aromatic rings. The highest BCUT2D eigenvalue weighted by Gasteiger charge is 2.37. The molecule has 0 aliphatic carbocycles. The molecule has 0 aliphatic rings. The van der Waals surface area contributed by atoms with Crippen molar-refractivity contribution in [1.82, 2.24) is 0 Å². The Morgan fingerprint density at radius 2 is 0.786 bits per heavy atom. The van der Waals surface area contributed by atoms with Gasteiger partial charge in [0.2, 0.25) is 0 Å². The molecule has 42 heavy (non-hydrogen) atoms. The summed E-state index contributed by atoms with van der Waals surface area (Å²) < 4.78 is 0.143. The van der Waals surface area contributed by atoms with Crippen LogP contribution in [0.15, 0.2) is 12.2 Å². The maximum atomic E-state index is 11.6. The van der Waals surface area contributed by atoms with Crippen molar-refractivity contribution in [2.24, 2.45) is 17.8 Å². The number of allylic oxidation sites excluding steroid dienone is 1. The Hall–Kier alpha value is -1.89. The molecule has 7 heteroatoms. The molecule has 0 saturated carbocycles. The Balaban J connectivity index is 4.25. The van der Waals surface area contributed by atoms with Crippen molar-refractivity contribution < 1.29 is 34.2 Å². The SMILES string of the molecule is CCCCCCCCCCCCCCCCCCCC/C=C/C[N+](CC(C)C(=O)O)(CC(C)C(=O)O)CC(C)C(=O)O. The number of carbonyl (C=O) groups is 3. The average Bonchev–Trinajstić information content (AvgIpc) is 2.93. The van der Waals surface area contributed by atoms with Gasteiger partial charge in [-0.1, -0.05) is 122 Å². The zero-order chi connectivity index (χ0) is 31.6. The molecule has 0 aromatic heterocycles. The molecule has 0 bridgehead atoms. The van der Waals surface area contributed by atoms with E-state index in [-0.39, 0.29) is 24.1 Å². The van der Waals surface area contributed by atoms with Crippen molar-refractivity contribution in [3.05, 3.63) is 12.2 Å². The van der Waals surface area contributed by atoms with Crippen LogP contribution in [0.1, 0.15) is 150 Å². The van der Waals surface area contributed by atoms with E-state index in [2.05, 4.69) is 13.0 Å². The first-order valence-electron chi connectivity index (χ1n) is 17.2. The van der Waals surface area contributed by atoms with E-state index < -0.39 is 35.7 Å². The van der Waals surface area contributed by atoms with Crippen LogP contribution in [0.4, 0.5) is 0 Å². The van der Waals surface area contributed by atoms with Crippen LogP contribution >= 0.6 is 0 Å². The number of rotatable bonds is 30. The number of aliphatic carboxylic acids is 3. The lowest BCUT2D eigenvalue weighted by Crippen LogP contribution is -2.57. The largest absolute Gasteiger partial charge is 0.481 e. The lowest BCUT2D eigenvalue weighted by atomic mass is 10.0. The summed E-state index contributed by atoms with van der Waals surface area (Å²) in [6, 6.07) is 0. The van der Waals surface area contributed by atoms with Crippen LogP contribution in [-0.4, -0.2) is 63.9 Å². The Morgan fingerprint density at radius 3 is 1.07 bits per heavy atom. The van der Waals surface area contributed by atoms with Gasteiger partial charge in [0, 0.05) is 0 Å². The van der Waals surface area contributed by atoms with Crippen LogP contribution in [-0.2, 0) is 14.4 Å².